The molecular weight excluding hydrogens is 447 g/mol. The summed E-state index contributed by atoms with van der Waals surface area (Å²) in [5, 5.41) is 2.79. The van der Waals surface area contributed by atoms with Crippen LogP contribution in [0.25, 0.3) is 0 Å². The standard InChI is InChI=1S/C24H27FN2O5S/c25-19-7-4-8-20(15-19)27(17-24(28)26-12-11-18-5-2-1-3-6-18)33(29,30)21-9-10-22-23(16-21)32-14-13-31-22/h4-5,7-10,15-16H,1-3,6,11-14,17H2,(H,26,28). The summed E-state index contributed by atoms with van der Waals surface area (Å²) >= 11 is 0. The highest BCUT2D eigenvalue weighted by Gasteiger charge is 2.29. The van der Waals surface area contributed by atoms with Gasteiger partial charge in [0.25, 0.3) is 10.0 Å². The predicted molar refractivity (Wildman–Crippen MR) is 123 cm³/mol. The largest absolute Gasteiger partial charge is 0.486 e. The Morgan fingerprint density at radius 3 is 2.64 bits per heavy atom. The maximum absolute atomic E-state index is 13.9. The minimum atomic E-state index is -4.19. The van der Waals surface area contributed by atoms with E-state index in [4.69, 9.17) is 9.47 Å². The van der Waals surface area contributed by atoms with Gasteiger partial charge in [-0.3, -0.25) is 9.10 Å². The number of halogens is 1. The zero-order chi connectivity index (χ0) is 23.3. The van der Waals surface area contributed by atoms with Crippen LogP contribution < -0.4 is 19.1 Å². The Kier molecular flexibility index (Phi) is 7.17. The molecule has 0 bridgehead atoms. The van der Waals surface area contributed by atoms with Crippen molar-refractivity contribution in [2.24, 2.45) is 0 Å². The summed E-state index contributed by atoms with van der Waals surface area (Å²) < 4.78 is 52.8. The van der Waals surface area contributed by atoms with Gasteiger partial charge in [0.15, 0.2) is 11.5 Å². The molecule has 1 aliphatic heterocycles. The lowest BCUT2D eigenvalue weighted by Gasteiger charge is -2.25. The normalized spacial score (nSPS) is 15.5. The van der Waals surface area contributed by atoms with Gasteiger partial charge in [0.1, 0.15) is 25.6 Å². The molecule has 0 unspecified atom stereocenters. The molecule has 2 aromatic rings. The number of nitrogens with zero attached hydrogens (tertiary/aromatic N) is 1. The molecule has 7 nitrogen and oxygen atoms in total. The lowest BCUT2D eigenvalue weighted by molar-refractivity contribution is -0.119. The first kappa shape index (κ1) is 23.1. The average Bonchev–Trinajstić information content (AvgIpc) is 2.83. The lowest BCUT2D eigenvalue weighted by atomic mass is 9.97. The molecule has 2 aliphatic rings. The predicted octanol–water partition coefficient (Wildman–Crippen LogP) is 3.80. The molecule has 0 radical (unpaired) electrons. The first-order valence-electron chi connectivity index (χ1n) is 11.1. The third-order valence-corrected chi connectivity index (χ3v) is 7.41. The van der Waals surface area contributed by atoms with Crippen molar-refractivity contribution in [3.05, 3.63) is 59.9 Å². The topological polar surface area (TPSA) is 84.9 Å². The molecule has 33 heavy (non-hydrogen) atoms. The SMILES string of the molecule is O=C(CN(c1cccc(F)c1)S(=O)(=O)c1ccc2c(c1)OCCO2)NCCC1=CCCCC1. The second-order valence-corrected chi connectivity index (χ2v) is 9.87. The smallest absolute Gasteiger partial charge is 0.264 e. The molecule has 0 saturated heterocycles. The van der Waals surface area contributed by atoms with Gasteiger partial charge in [0, 0.05) is 12.6 Å². The van der Waals surface area contributed by atoms with E-state index in [2.05, 4.69) is 11.4 Å². The molecule has 0 saturated carbocycles. The summed E-state index contributed by atoms with van der Waals surface area (Å²) in [6, 6.07) is 9.45. The summed E-state index contributed by atoms with van der Waals surface area (Å²) in [7, 11) is -4.19. The number of carbonyl (C=O) groups excluding carboxylic acids is 1. The first-order valence-corrected chi connectivity index (χ1v) is 12.5. The van der Waals surface area contributed by atoms with Gasteiger partial charge in [-0.1, -0.05) is 17.7 Å². The minimum absolute atomic E-state index is 0.0648. The first-order chi connectivity index (χ1) is 15.9. The number of ether oxygens (including phenoxy) is 2. The third-order valence-electron chi connectivity index (χ3n) is 5.64. The van der Waals surface area contributed by atoms with E-state index in [9.17, 15) is 17.6 Å². The number of carbonyl (C=O) groups is 1. The number of rotatable bonds is 8. The molecule has 176 valence electrons. The molecule has 2 aromatic carbocycles. The number of sulfonamides is 1. The van der Waals surface area contributed by atoms with Crippen molar-refractivity contribution < 1.29 is 27.1 Å². The number of anilines is 1. The zero-order valence-corrected chi connectivity index (χ0v) is 19.1. The molecule has 0 fully saturated rings. The van der Waals surface area contributed by atoms with Crippen molar-refractivity contribution in [1.29, 1.82) is 0 Å². The molecule has 1 heterocycles. The Hall–Kier alpha value is -3.07. The maximum atomic E-state index is 13.9. The quantitative estimate of drug-likeness (QED) is 0.589. The Labute approximate surface area is 193 Å². The fraction of sp³-hybridized carbons (Fsp3) is 0.375. The number of hydrogen-bond acceptors (Lipinski definition) is 5. The van der Waals surface area contributed by atoms with Crippen LogP contribution >= 0.6 is 0 Å². The van der Waals surface area contributed by atoms with Crippen molar-refractivity contribution in [3.63, 3.8) is 0 Å². The molecule has 0 aromatic heterocycles. The minimum Gasteiger partial charge on any atom is -0.486 e. The van der Waals surface area contributed by atoms with Gasteiger partial charge in [-0.05, 0) is 62.4 Å². The van der Waals surface area contributed by atoms with Crippen LogP contribution in [0.5, 0.6) is 11.5 Å². The van der Waals surface area contributed by atoms with E-state index in [1.54, 1.807) is 0 Å². The molecule has 0 spiro atoms. The molecule has 4 rings (SSSR count). The molecule has 1 amide bonds. The molecule has 9 heteroatoms. The van der Waals surface area contributed by atoms with Crippen molar-refractivity contribution >= 4 is 21.6 Å². The van der Waals surface area contributed by atoms with E-state index < -0.39 is 28.3 Å². The highest BCUT2D eigenvalue weighted by Crippen LogP contribution is 2.34. The Morgan fingerprint density at radius 1 is 1.06 bits per heavy atom. The fourth-order valence-electron chi connectivity index (χ4n) is 3.94. The van der Waals surface area contributed by atoms with Gasteiger partial charge >= 0.3 is 0 Å². The van der Waals surface area contributed by atoms with E-state index in [-0.39, 0.29) is 10.6 Å². The number of benzene rings is 2. The van der Waals surface area contributed by atoms with Crippen LogP contribution in [0.15, 0.2) is 59.0 Å². The van der Waals surface area contributed by atoms with Gasteiger partial charge in [-0.25, -0.2) is 12.8 Å². The Balaban J connectivity index is 1.54. The van der Waals surface area contributed by atoms with Gasteiger partial charge in [-0.15, -0.1) is 0 Å². The molecule has 0 atom stereocenters. The zero-order valence-electron chi connectivity index (χ0n) is 18.3. The van der Waals surface area contributed by atoms with E-state index in [0.717, 1.165) is 36.1 Å². The maximum Gasteiger partial charge on any atom is 0.264 e. The number of fused-ring (bicyclic) bond motifs is 1. The number of allylic oxidation sites excluding steroid dienone is 1. The molecule has 1 aliphatic carbocycles. The Morgan fingerprint density at radius 2 is 1.88 bits per heavy atom. The van der Waals surface area contributed by atoms with Gasteiger partial charge in [0.05, 0.1) is 10.6 Å². The molecular formula is C24H27FN2O5S. The van der Waals surface area contributed by atoms with Gasteiger partial charge in [-0.2, -0.15) is 0 Å². The van der Waals surface area contributed by atoms with Gasteiger partial charge in [0.2, 0.25) is 5.91 Å². The summed E-state index contributed by atoms with van der Waals surface area (Å²) in [6.45, 7) is 0.638. The van der Waals surface area contributed by atoms with Crippen LogP contribution in [0.1, 0.15) is 32.1 Å². The lowest BCUT2D eigenvalue weighted by Crippen LogP contribution is -2.41. The van der Waals surface area contributed by atoms with Crippen LogP contribution in [-0.2, 0) is 14.8 Å². The number of nitrogens with one attached hydrogen (secondary N) is 1. The monoisotopic (exact) mass is 474 g/mol. The van der Waals surface area contributed by atoms with E-state index in [0.29, 0.717) is 31.3 Å². The van der Waals surface area contributed by atoms with Crippen LogP contribution in [0.4, 0.5) is 10.1 Å². The third kappa shape index (κ3) is 5.65. The van der Waals surface area contributed by atoms with Crippen molar-refractivity contribution in [2.75, 3.05) is 30.6 Å². The van der Waals surface area contributed by atoms with Crippen LogP contribution in [0.2, 0.25) is 0 Å². The van der Waals surface area contributed by atoms with Crippen LogP contribution in [-0.4, -0.2) is 40.6 Å². The average molecular weight is 475 g/mol. The highest BCUT2D eigenvalue weighted by atomic mass is 32.2. The number of hydrogen-bond donors (Lipinski definition) is 1. The second-order valence-electron chi connectivity index (χ2n) is 8.01. The summed E-state index contributed by atoms with van der Waals surface area (Å²) in [6.07, 6.45) is 7.38. The summed E-state index contributed by atoms with van der Waals surface area (Å²) in [4.78, 5) is 12.6. The summed E-state index contributed by atoms with van der Waals surface area (Å²) in [5.74, 6) is -0.296. The van der Waals surface area contributed by atoms with E-state index >= 15 is 0 Å². The fourth-order valence-corrected chi connectivity index (χ4v) is 5.37. The van der Waals surface area contributed by atoms with E-state index in [1.165, 1.54) is 48.4 Å². The Bertz CT molecular complexity index is 1150. The summed E-state index contributed by atoms with van der Waals surface area (Å²) in [5.41, 5.74) is 1.38. The second kappa shape index (κ2) is 10.2. The van der Waals surface area contributed by atoms with Crippen molar-refractivity contribution in [3.8, 4) is 11.5 Å². The number of amides is 1. The van der Waals surface area contributed by atoms with Crippen molar-refractivity contribution in [1.82, 2.24) is 5.32 Å². The van der Waals surface area contributed by atoms with Crippen LogP contribution in [0, 0.1) is 5.82 Å². The molecule has 1 N–H and O–H groups in total. The van der Waals surface area contributed by atoms with E-state index in [1.807, 2.05) is 0 Å². The van der Waals surface area contributed by atoms with Gasteiger partial charge < -0.3 is 14.8 Å². The van der Waals surface area contributed by atoms with Crippen LogP contribution in [0.3, 0.4) is 0 Å². The van der Waals surface area contributed by atoms with Crippen molar-refractivity contribution in [2.45, 2.75) is 37.0 Å². The highest BCUT2D eigenvalue weighted by molar-refractivity contribution is 7.92.